The number of benzene rings is 1. The van der Waals surface area contributed by atoms with Crippen LogP contribution in [0.4, 0.5) is 10.1 Å². The first-order valence-corrected chi connectivity index (χ1v) is 14.9. The van der Waals surface area contributed by atoms with Crippen molar-refractivity contribution in [3.8, 4) is 0 Å². The largest absolute Gasteiger partial charge is 0.376 e. The van der Waals surface area contributed by atoms with Crippen molar-refractivity contribution in [2.45, 2.75) is 76.4 Å². The van der Waals surface area contributed by atoms with E-state index in [1.54, 1.807) is 18.3 Å². The molecule has 2 saturated carbocycles. The molecule has 2 aliphatic rings. The highest BCUT2D eigenvalue weighted by Gasteiger charge is 2.31. The number of hydrogen-bond donors (Lipinski definition) is 3. The summed E-state index contributed by atoms with van der Waals surface area (Å²) in [5.74, 6) is -0.125. The average Bonchev–Trinajstić information content (AvgIpc) is 3.36. The molecule has 39 heavy (non-hydrogen) atoms. The molecule has 2 aromatic heterocycles. The highest BCUT2D eigenvalue weighted by Crippen LogP contribution is 2.32. The SMILES string of the molecule is Cc1ncc(Cl)cc1N[C@H](Cc1ccc(F)cc1)c1ccc(C(=O)N[C@@H](CC2CCCC2)C(=O)NC2CC2)s1. The second-order valence-corrected chi connectivity index (χ2v) is 12.3. The summed E-state index contributed by atoms with van der Waals surface area (Å²) < 4.78 is 13.5. The molecule has 2 amide bonds. The van der Waals surface area contributed by atoms with Crippen LogP contribution in [0.15, 0.2) is 48.7 Å². The normalized spacial score (nSPS) is 17.0. The summed E-state index contributed by atoms with van der Waals surface area (Å²) >= 11 is 7.60. The first-order chi connectivity index (χ1) is 18.8. The number of anilines is 1. The number of nitrogens with one attached hydrogen (secondary N) is 3. The van der Waals surface area contributed by atoms with Gasteiger partial charge in [-0.2, -0.15) is 0 Å². The molecule has 3 aromatic rings. The van der Waals surface area contributed by atoms with Crippen LogP contribution < -0.4 is 16.0 Å². The maximum absolute atomic E-state index is 13.5. The van der Waals surface area contributed by atoms with Crippen molar-refractivity contribution in [1.29, 1.82) is 0 Å². The summed E-state index contributed by atoms with van der Waals surface area (Å²) in [4.78, 5) is 32.2. The number of thiophene rings is 1. The van der Waals surface area contributed by atoms with Gasteiger partial charge in [0, 0.05) is 17.1 Å². The van der Waals surface area contributed by atoms with Crippen LogP contribution in [0.2, 0.25) is 5.02 Å². The first-order valence-electron chi connectivity index (χ1n) is 13.7. The topological polar surface area (TPSA) is 83.1 Å². The van der Waals surface area contributed by atoms with Gasteiger partial charge in [0.25, 0.3) is 5.91 Å². The molecule has 1 aromatic carbocycles. The Morgan fingerprint density at radius 2 is 1.85 bits per heavy atom. The number of aryl methyl sites for hydroxylation is 1. The highest BCUT2D eigenvalue weighted by atomic mass is 35.5. The molecule has 2 aliphatic carbocycles. The molecule has 0 aliphatic heterocycles. The zero-order valence-corrected chi connectivity index (χ0v) is 23.6. The summed E-state index contributed by atoms with van der Waals surface area (Å²) in [5.41, 5.74) is 2.55. The van der Waals surface area contributed by atoms with E-state index in [1.165, 1.54) is 36.3 Å². The highest BCUT2D eigenvalue weighted by molar-refractivity contribution is 7.14. The van der Waals surface area contributed by atoms with Crippen LogP contribution >= 0.6 is 22.9 Å². The molecule has 2 fully saturated rings. The molecule has 9 heteroatoms. The van der Waals surface area contributed by atoms with E-state index in [0.29, 0.717) is 28.7 Å². The summed E-state index contributed by atoms with van der Waals surface area (Å²) in [6, 6.07) is 11.5. The van der Waals surface area contributed by atoms with Gasteiger partial charge in [0.2, 0.25) is 5.91 Å². The fourth-order valence-electron chi connectivity index (χ4n) is 5.15. The maximum Gasteiger partial charge on any atom is 0.262 e. The molecule has 2 atom stereocenters. The van der Waals surface area contributed by atoms with Crippen LogP contribution in [0.5, 0.6) is 0 Å². The number of carbonyl (C=O) groups excluding carboxylic acids is 2. The van der Waals surface area contributed by atoms with Crippen molar-refractivity contribution in [1.82, 2.24) is 15.6 Å². The summed E-state index contributed by atoms with van der Waals surface area (Å²) in [6.07, 6.45) is 9.47. The smallest absolute Gasteiger partial charge is 0.262 e. The van der Waals surface area contributed by atoms with E-state index in [4.69, 9.17) is 11.6 Å². The molecule has 0 bridgehead atoms. The Hall–Kier alpha value is -2.97. The standard InChI is InChI=1S/C30H34ClFN4O2S/c1-18-24(16-21(31)17-33-18)35-25(14-20-6-8-22(32)9-7-20)27-12-13-28(39-27)30(38)36-26(15-19-4-2-3-5-19)29(37)34-23-10-11-23/h6-9,12-13,16-17,19,23,25-26,35H,2-5,10-11,14-15H2,1H3,(H,34,37)(H,36,38)/t25-,26+/m1/s1. The van der Waals surface area contributed by atoms with Gasteiger partial charge in [-0.15, -0.1) is 11.3 Å². The lowest BCUT2D eigenvalue weighted by Gasteiger charge is -2.21. The monoisotopic (exact) mass is 568 g/mol. The van der Waals surface area contributed by atoms with Gasteiger partial charge >= 0.3 is 0 Å². The zero-order chi connectivity index (χ0) is 27.4. The molecule has 5 rings (SSSR count). The van der Waals surface area contributed by atoms with Gasteiger partial charge in [0.1, 0.15) is 11.9 Å². The summed E-state index contributed by atoms with van der Waals surface area (Å²) in [5, 5.41) is 10.2. The van der Waals surface area contributed by atoms with Crippen molar-refractivity contribution in [2.24, 2.45) is 5.92 Å². The van der Waals surface area contributed by atoms with Crippen molar-refractivity contribution in [3.05, 3.63) is 80.5 Å². The zero-order valence-electron chi connectivity index (χ0n) is 22.0. The molecule has 3 N–H and O–H groups in total. The Balaban J connectivity index is 1.34. The van der Waals surface area contributed by atoms with Crippen molar-refractivity contribution < 1.29 is 14.0 Å². The van der Waals surface area contributed by atoms with Gasteiger partial charge in [0.15, 0.2) is 0 Å². The maximum atomic E-state index is 13.5. The lowest BCUT2D eigenvalue weighted by molar-refractivity contribution is -0.123. The quantitative estimate of drug-likeness (QED) is 0.243. The van der Waals surface area contributed by atoms with Gasteiger partial charge in [-0.05, 0) is 74.4 Å². The molecule has 2 heterocycles. The fraction of sp³-hybridized carbons (Fsp3) is 0.433. The Morgan fingerprint density at radius 1 is 1.10 bits per heavy atom. The third-order valence-corrected chi connectivity index (χ3v) is 8.92. The molecular weight excluding hydrogens is 535 g/mol. The van der Waals surface area contributed by atoms with E-state index >= 15 is 0 Å². The Labute approximate surface area is 237 Å². The summed E-state index contributed by atoms with van der Waals surface area (Å²) in [6.45, 7) is 1.90. The van der Waals surface area contributed by atoms with Crippen LogP contribution in [-0.2, 0) is 11.2 Å². The van der Waals surface area contributed by atoms with Crippen LogP contribution in [0.3, 0.4) is 0 Å². The third kappa shape index (κ3) is 7.57. The number of nitrogens with zero attached hydrogens (tertiary/aromatic N) is 1. The lowest BCUT2D eigenvalue weighted by Crippen LogP contribution is -2.48. The average molecular weight is 569 g/mol. The number of hydrogen-bond acceptors (Lipinski definition) is 5. The van der Waals surface area contributed by atoms with Crippen molar-refractivity contribution in [3.63, 3.8) is 0 Å². The predicted octanol–water partition coefficient (Wildman–Crippen LogP) is 6.60. The van der Waals surface area contributed by atoms with Crippen molar-refractivity contribution in [2.75, 3.05) is 5.32 Å². The Morgan fingerprint density at radius 3 is 2.56 bits per heavy atom. The van der Waals surface area contributed by atoms with E-state index < -0.39 is 6.04 Å². The number of aromatic nitrogens is 1. The summed E-state index contributed by atoms with van der Waals surface area (Å²) in [7, 11) is 0. The van der Waals surface area contributed by atoms with E-state index in [-0.39, 0.29) is 29.7 Å². The molecule has 0 spiro atoms. The predicted molar refractivity (Wildman–Crippen MR) is 154 cm³/mol. The van der Waals surface area contributed by atoms with E-state index in [2.05, 4.69) is 20.9 Å². The lowest BCUT2D eigenvalue weighted by atomic mass is 9.97. The third-order valence-electron chi connectivity index (χ3n) is 7.52. The minimum atomic E-state index is -0.528. The Kier molecular flexibility index (Phi) is 8.82. The van der Waals surface area contributed by atoms with Gasteiger partial charge in [-0.1, -0.05) is 49.4 Å². The number of rotatable bonds is 11. The fourth-order valence-corrected chi connectivity index (χ4v) is 6.27. The van der Waals surface area contributed by atoms with E-state index in [1.807, 2.05) is 25.1 Å². The van der Waals surface area contributed by atoms with Gasteiger partial charge < -0.3 is 16.0 Å². The minimum Gasteiger partial charge on any atom is -0.376 e. The van der Waals surface area contributed by atoms with Crippen LogP contribution in [0, 0.1) is 18.7 Å². The Bertz CT molecular complexity index is 1300. The first kappa shape index (κ1) is 27.6. The van der Waals surface area contributed by atoms with Gasteiger partial charge in [-0.3, -0.25) is 14.6 Å². The second kappa shape index (κ2) is 12.5. The van der Waals surface area contributed by atoms with Gasteiger partial charge in [-0.25, -0.2) is 4.39 Å². The molecule has 206 valence electrons. The molecule has 6 nitrogen and oxygen atoms in total. The van der Waals surface area contributed by atoms with E-state index in [0.717, 1.165) is 47.5 Å². The minimum absolute atomic E-state index is 0.0747. The number of halogens is 2. The van der Waals surface area contributed by atoms with E-state index in [9.17, 15) is 14.0 Å². The molecular formula is C30H34ClFN4O2S. The van der Waals surface area contributed by atoms with Crippen LogP contribution in [0.1, 0.15) is 76.8 Å². The molecule has 0 saturated heterocycles. The molecule has 0 unspecified atom stereocenters. The van der Waals surface area contributed by atoms with Crippen LogP contribution in [-0.4, -0.2) is 28.9 Å². The van der Waals surface area contributed by atoms with Gasteiger partial charge in [0.05, 0.1) is 27.3 Å². The van der Waals surface area contributed by atoms with Crippen molar-refractivity contribution >= 4 is 40.4 Å². The molecule has 0 radical (unpaired) electrons. The second-order valence-electron chi connectivity index (χ2n) is 10.7. The number of amides is 2. The van der Waals surface area contributed by atoms with Crippen LogP contribution in [0.25, 0.3) is 0 Å². The number of carbonyl (C=O) groups is 2. The number of pyridine rings is 1.